The molecule has 1 fully saturated rings. The van der Waals surface area contributed by atoms with E-state index >= 15 is 0 Å². The lowest BCUT2D eigenvalue weighted by Gasteiger charge is -2.21. The van der Waals surface area contributed by atoms with Crippen molar-refractivity contribution in [1.82, 2.24) is 9.78 Å². The summed E-state index contributed by atoms with van der Waals surface area (Å²) < 4.78 is 2.05. The van der Waals surface area contributed by atoms with Crippen LogP contribution in [0.1, 0.15) is 43.7 Å². The Bertz CT molecular complexity index is 336. The molecule has 0 unspecified atom stereocenters. The molecule has 0 atom stereocenters. The minimum absolute atomic E-state index is 0.207. The summed E-state index contributed by atoms with van der Waals surface area (Å²) in [5, 5.41) is 11.6. The van der Waals surface area contributed by atoms with E-state index in [0.717, 1.165) is 5.56 Å². The lowest BCUT2D eigenvalue weighted by molar-refractivity contribution is 0.329. The Morgan fingerprint density at radius 1 is 1.47 bits per heavy atom. The van der Waals surface area contributed by atoms with Crippen molar-refractivity contribution in [2.45, 2.75) is 44.6 Å². The summed E-state index contributed by atoms with van der Waals surface area (Å²) >= 11 is 0. The van der Waals surface area contributed by atoms with Gasteiger partial charge in [-0.2, -0.15) is 5.10 Å². The fraction of sp³-hybridized carbons (Fsp3) is 0.636. The number of amidine groups is 1. The van der Waals surface area contributed by atoms with Gasteiger partial charge in [-0.3, -0.25) is 10.1 Å². The lowest BCUT2D eigenvalue weighted by atomic mass is 9.96. The lowest BCUT2D eigenvalue weighted by Crippen LogP contribution is -2.14. The van der Waals surface area contributed by atoms with Crippen LogP contribution in [0, 0.1) is 5.41 Å². The predicted octanol–water partition coefficient (Wildman–Crippen LogP) is 1.87. The number of nitrogens with one attached hydrogen (secondary N) is 1. The largest absolute Gasteiger partial charge is 0.387 e. The third kappa shape index (κ3) is 2.58. The highest BCUT2D eigenvalue weighted by molar-refractivity contribution is 5.79. The normalized spacial score (nSPS) is 17.9. The molecule has 1 saturated carbocycles. The summed E-state index contributed by atoms with van der Waals surface area (Å²) in [6, 6.07) is 0.569. The van der Waals surface area contributed by atoms with E-state index in [0.29, 0.717) is 12.5 Å². The second-order valence-corrected chi connectivity index (χ2v) is 4.32. The van der Waals surface area contributed by atoms with Crippen LogP contribution in [0.2, 0.25) is 0 Å². The minimum atomic E-state index is 0.207. The molecule has 0 aliphatic heterocycles. The molecule has 1 aliphatic carbocycles. The van der Waals surface area contributed by atoms with Crippen molar-refractivity contribution < 1.29 is 0 Å². The molecule has 1 aliphatic rings. The molecule has 0 radical (unpaired) electrons. The Morgan fingerprint density at radius 2 is 2.20 bits per heavy atom. The van der Waals surface area contributed by atoms with Crippen molar-refractivity contribution in [2.75, 3.05) is 0 Å². The van der Waals surface area contributed by atoms with Crippen molar-refractivity contribution in [3.63, 3.8) is 0 Å². The van der Waals surface area contributed by atoms with Crippen molar-refractivity contribution in [1.29, 1.82) is 5.41 Å². The molecule has 4 nitrogen and oxygen atoms in total. The summed E-state index contributed by atoms with van der Waals surface area (Å²) in [6.07, 6.45) is 10.8. The molecule has 4 heteroatoms. The van der Waals surface area contributed by atoms with Crippen LogP contribution in [0.15, 0.2) is 12.4 Å². The summed E-state index contributed by atoms with van der Waals surface area (Å²) in [4.78, 5) is 0. The molecule has 1 heterocycles. The molecule has 1 aromatic heterocycles. The van der Waals surface area contributed by atoms with E-state index in [1.165, 1.54) is 32.1 Å². The van der Waals surface area contributed by atoms with Crippen LogP contribution in [-0.2, 0) is 6.42 Å². The van der Waals surface area contributed by atoms with Gasteiger partial charge in [0.25, 0.3) is 0 Å². The van der Waals surface area contributed by atoms with Crippen LogP contribution in [-0.4, -0.2) is 15.6 Å². The second-order valence-electron chi connectivity index (χ2n) is 4.32. The van der Waals surface area contributed by atoms with Gasteiger partial charge < -0.3 is 5.73 Å². The monoisotopic (exact) mass is 206 g/mol. The number of hydrogen-bond donors (Lipinski definition) is 2. The number of nitrogens with two attached hydrogens (primary N) is 1. The highest BCUT2D eigenvalue weighted by Gasteiger charge is 2.15. The third-order valence-corrected chi connectivity index (χ3v) is 3.00. The van der Waals surface area contributed by atoms with E-state index in [2.05, 4.69) is 9.78 Å². The molecule has 0 aromatic carbocycles. The molecule has 0 saturated heterocycles. The SMILES string of the molecule is N=C(N)Cc1cnn(C2CCCCC2)c1. The van der Waals surface area contributed by atoms with Crippen molar-refractivity contribution in [3.8, 4) is 0 Å². The maximum absolute atomic E-state index is 7.23. The van der Waals surface area contributed by atoms with Crippen LogP contribution in [0.5, 0.6) is 0 Å². The first-order valence-electron chi connectivity index (χ1n) is 5.61. The van der Waals surface area contributed by atoms with Crippen molar-refractivity contribution in [3.05, 3.63) is 18.0 Å². The number of rotatable bonds is 3. The quantitative estimate of drug-likeness (QED) is 0.585. The first-order valence-corrected chi connectivity index (χ1v) is 5.61. The molecule has 0 spiro atoms. The highest BCUT2D eigenvalue weighted by atomic mass is 15.3. The summed E-state index contributed by atoms with van der Waals surface area (Å²) in [7, 11) is 0. The molecule has 2 rings (SSSR count). The molecule has 82 valence electrons. The van der Waals surface area contributed by atoms with E-state index < -0.39 is 0 Å². The first-order chi connectivity index (χ1) is 7.25. The third-order valence-electron chi connectivity index (χ3n) is 3.00. The topological polar surface area (TPSA) is 67.7 Å². The summed E-state index contributed by atoms with van der Waals surface area (Å²) in [5.74, 6) is 0.207. The molecule has 3 N–H and O–H groups in total. The van der Waals surface area contributed by atoms with Crippen LogP contribution in [0.3, 0.4) is 0 Å². The fourth-order valence-corrected chi connectivity index (χ4v) is 2.23. The molecular formula is C11H18N4. The minimum Gasteiger partial charge on any atom is -0.387 e. The Morgan fingerprint density at radius 3 is 2.87 bits per heavy atom. The van der Waals surface area contributed by atoms with Gasteiger partial charge in [0.05, 0.1) is 18.1 Å². The Labute approximate surface area is 90.0 Å². The van der Waals surface area contributed by atoms with Crippen LogP contribution in [0.4, 0.5) is 0 Å². The molecule has 15 heavy (non-hydrogen) atoms. The number of aromatic nitrogens is 2. The Kier molecular flexibility index (Phi) is 3.04. The fourth-order valence-electron chi connectivity index (χ4n) is 2.23. The second kappa shape index (κ2) is 4.47. The zero-order chi connectivity index (χ0) is 10.7. The van der Waals surface area contributed by atoms with Crippen LogP contribution in [0.25, 0.3) is 0 Å². The molecule has 0 amide bonds. The van der Waals surface area contributed by atoms with Gasteiger partial charge >= 0.3 is 0 Å². The van der Waals surface area contributed by atoms with E-state index in [9.17, 15) is 0 Å². The van der Waals surface area contributed by atoms with Gasteiger partial charge in [-0.25, -0.2) is 0 Å². The molecular weight excluding hydrogens is 188 g/mol. The number of hydrogen-bond acceptors (Lipinski definition) is 2. The van der Waals surface area contributed by atoms with Crippen LogP contribution < -0.4 is 5.73 Å². The van der Waals surface area contributed by atoms with Gasteiger partial charge in [0.2, 0.25) is 0 Å². The number of nitrogens with zero attached hydrogens (tertiary/aromatic N) is 2. The van der Waals surface area contributed by atoms with E-state index in [4.69, 9.17) is 11.1 Å². The van der Waals surface area contributed by atoms with Gasteiger partial charge in [-0.05, 0) is 18.4 Å². The molecule has 0 bridgehead atoms. The van der Waals surface area contributed by atoms with Gasteiger partial charge in [0.15, 0.2) is 0 Å². The van der Waals surface area contributed by atoms with Gasteiger partial charge in [0, 0.05) is 12.6 Å². The van der Waals surface area contributed by atoms with E-state index in [1.54, 1.807) is 0 Å². The van der Waals surface area contributed by atoms with Crippen LogP contribution >= 0.6 is 0 Å². The van der Waals surface area contributed by atoms with E-state index in [-0.39, 0.29) is 5.84 Å². The van der Waals surface area contributed by atoms with Crippen molar-refractivity contribution in [2.24, 2.45) is 5.73 Å². The molecule has 1 aromatic rings. The average Bonchev–Trinajstić information content (AvgIpc) is 2.67. The summed E-state index contributed by atoms with van der Waals surface area (Å²) in [5.41, 5.74) is 6.41. The van der Waals surface area contributed by atoms with Crippen molar-refractivity contribution >= 4 is 5.84 Å². The standard InChI is InChI=1S/C11H18N4/c12-11(13)6-9-7-14-15(8-9)10-4-2-1-3-5-10/h7-8,10H,1-6H2,(H3,12,13). The predicted molar refractivity (Wildman–Crippen MR) is 60.0 cm³/mol. The zero-order valence-corrected chi connectivity index (χ0v) is 8.95. The smallest absolute Gasteiger partial charge is 0.0951 e. The zero-order valence-electron chi connectivity index (χ0n) is 8.95. The van der Waals surface area contributed by atoms with Gasteiger partial charge in [-0.15, -0.1) is 0 Å². The Balaban J connectivity index is 2.02. The maximum Gasteiger partial charge on any atom is 0.0951 e. The van der Waals surface area contributed by atoms with E-state index in [1.807, 2.05) is 12.4 Å². The average molecular weight is 206 g/mol. The van der Waals surface area contributed by atoms with Gasteiger partial charge in [-0.1, -0.05) is 19.3 Å². The highest BCUT2D eigenvalue weighted by Crippen LogP contribution is 2.27. The Hall–Kier alpha value is -1.32. The van der Waals surface area contributed by atoms with Gasteiger partial charge in [0.1, 0.15) is 0 Å². The first kappa shape index (κ1) is 10.2. The maximum atomic E-state index is 7.23. The summed E-state index contributed by atoms with van der Waals surface area (Å²) in [6.45, 7) is 0.